The lowest BCUT2D eigenvalue weighted by Gasteiger charge is -2.22. The van der Waals surface area contributed by atoms with Gasteiger partial charge >= 0.3 is 0 Å². The largest absolute Gasteiger partial charge is 0.452 e. The van der Waals surface area contributed by atoms with Crippen LogP contribution in [-0.4, -0.2) is 16.2 Å². The molecule has 0 atom stereocenters. The van der Waals surface area contributed by atoms with Gasteiger partial charge in [-0.25, -0.2) is 9.98 Å². The number of amidine groups is 2. The van der Waals surface area contributed by atoms with Crippen molar-refractivity contribution in [3.05, 3.63) is 174 Å². The molecule has 1 aliphatic heterocycles. The van der Waals surface area contributed by atoms with Gasteiger partial charge in [-0.1, -0.05) is 115 Å². The molecule has 0 amide bonds. The third kappa shape index (κ3) is 4.23. The predicted octanol–water partition coefficient (Wildman–Crippen LogP) is 11.1. The number of hydrogen-bond donors (Lipinski definition) is 1. The normalized spacial score (nSPS) is 13.8. The Morgan fingerprint density at radius 1 is 0.451 bits per heavy atom. The third-order valence-electron chi connectivity index (χ3n) is 10.1. The van der Waals surface area contributed by atoms with E-state index >= 15 is 0 Å². The molecule has 11 rings (SSSR count). The van der Waals surface area contributed by atoms with Crippen LogP contribution in [0.2, 0.25) is 0 Å². The number of nitrogens with one attached hydrogen (secondary N) is 1. The summed E-state index contributed by atoms with van der Waals surface area (Å²) in [6, 6.07) is 54.5. The van der Waals surface area contributed by atoms with Gasteiger partial charge in [-0.2, -0.15) is 0 Å². The molecule has 6 nitrogen and oxygen atoms in total. The average Bonchev–Trinajstić information content (AvgIpc) is 3.88. The molecule has 1 aliphatic rings. The number of fused-ring (bicyclic) bond motifs is 10. The summed E-state index contributed by atoms with van der Waals surface area (Å²) in [7, 11) is 0. The fourth-order valence-corrected chi connectivity index (χ4v) is 7.72. The molecule has 0 bridgehead atoms. The van der Waals surface area contributed by atoms with E-state index in [2.05, 4.69) is 131 Å². The summed E-state index contributed by atoms with van der Waals surface area (Å²) < 4.78 is 15.8. The molecule has 0 saturated heterocycles. The lowest BCUT2D eigenvalue weighted by atomic mass is 10.0. The Labute approximate surface area is 291 Å². The molecule has 0 unspecified atom stereocenters. The van der Waals surface area contributed by atoms with Gasteiger partial charge in [-0.05, 0) is 42.5 Å². The van der Waals surface area contributed by atoms with Crippen LogP contribution in [0.4, 0.5) is 0 Å². The number of aliphatic imine (C=N–C) groups is 2. The summed E-state index contributed by atoms with van der Waals surface area (Å²) >= 11 is 0. The van der Waals surface area contributed by atoms with Crippen LogP contribution in [0.15, 0.2) is 177 Å². The maximum atomic E-state index is 6.82. The first-order valence-corrected chi connectivity index (χ1v) is 17.1. The van der Waals surface area contributed by atoms with Gasteiger partial charge in [0.1, 0.15) is 22.8 Å². The lowest BCUT2D eigenvalue weighted by Crippen LogP contribution is -2.36. The number of rotatable bonds is 4. The van der Waals surface area contributed by atoms with E-state index in [9.17, 15) is 0 Å². The second kappa shape index (κ2) is 10.8. The van der Waals surface area contributed by atoms with E-state index in [1.165, 1.54) is 21.8 Å². The molecule has 0 aliphatic carbocycles. The molecular weight excluding hydrogens is 629 g/mol. The van der Waals surface area contributed by atoms with Crippen LogP contribution in [0.1, 0.15) is 22.9 Å². The topological polar surface area (TPSA) is 68.0 Å². The van der Waals surface area contributed by atoms with Gasteiger partial charge in [0.2, 0.25) is 0 Å². The molecule has 10 aromatic rings. The van der Waals surface area contributed by atoms with Crippen molar-refractivity contribution in [2.24, 2.45) is 9.98 Å². The van der Waals surface area contributed by atoms with Crippen molar-refractivity contribution in [2.45, 2.75) is 6.17 Å². The number of aromatic nitrogens is 1. The van der Waals surface area contributed by atoms with Crippen LogP contribution >= 0.6 is 0 Å². The van der Waals surface area contributed by atoms with Gasteiger partial charge in [0.15, 0.2) is 17.3 Å². The Hall–Kier alpha value is -6.92. The van der Waals surface area contributed by atoms with Gasteiger partial charge in [-0.15, -0.1) is 0 Å². The quantitative estimate of drug-likeness (QED) is 0.205. The zero-order chi connectivity index (χ0) is 33.5. The SMILES string of the molecule is c1ccc(C2=NC(c3cccc4c3oc3c4ccc4c5cc(-n6c7ccccc7c7ccccc76)ccc5oc43)N=C(c3ccccc3)N2)cc1. The van der Waals surface area contributed by atoms with E-state index in [-0.39, 0.29) is 0 Å². The van der Waals surface area contributed by atoms with Crippen LogP contribution in [-0.2, 0) is 0 Å². The van der Waals surface area contributed by atoms with Crippen LogP contribution in [0.3, 0.4) is 0 Å². The number of para-hydroxylation sites is 3. The van der Waals surface area contributed by atoms with Crippen molar-refractivity contribution in [3.8, 4) is 5.69 Å². The monoisotopic (exact) mass is 656 g/mol. The standard InChI is InChI=1S/C45H28N4O2/c1-3-12-27(13-4-1)43-46-44(28-14-5-2-6-15-28)48-45(47-43)35-19-11-18-32-33-23-24-34-36-26-29(22-25-39(36)50-41(34)42(33)51-40(32)35)49-37-20-9-7-16-30(37)31-17-8-10-21-38(31)49/h1-26,45H,(H,46,47,48). The smallest absolute Gasteiger partial charge is 0.178 e. The molecule has 240 valence electrons. The van der Waals surface area contributed by atoms with E-state index in [1.54, 1.807) is 0 Å². The van der Waals surface area contributed by atoms with Crippen LogP contribution < -0.4 is 5.32 Å². The molecule has 6 heteroatoms. The van der Waals surface area contributed by atoms with E-state index in [0.717, 1.165) is 77.9 Å². The minimum Gasteiger partial charge on any atom is -0.452 e. The summed E-state index contributed by atoms with van der Waals surface area (Å²) in [5, 5.41) is 10.0. The highest BCUT2D eigenvalue weighted by molar-refractivity contribution is 6.20. The minimum absolute atomic E-state index is 0.513. The van der Waals surface area contributed by atoms with Gasteiger partial charge in [0.25, 0.3) is 0 Å². The minimum atomic E-state index is -0.513. The Balaban J connectivity index is 1.09. The fourth-order valence-electron chi connectivity index (χ4n) is 7.72. The van der Waals surface area contributed by atoms with Crippen molar-refractivity contribution in [1.29, 1.82) is 0 Å². The maximum absolute atomic E-state index is 6.82. The summed E-state index contributed by atoms with van der Waals surface area (Å²) in [5.74, 6) is 1.53. The molecule has 7 aromatic carbocycles. The Bertz CT molecular complexity index is 2950. The molecule has 0 radical (unpaired) electrons. The van der Waals surface area contributed by atoms with E-state index in [0.29, 0.717) is 0 Å². The fraction of sp³-hybridized carbons (Fsp3) is 0.0222. The lowest BCUT2D eigenvalue weighted by molar-refractivity contribution is 0.625. The molecule has 0 spiro atoms. The number of nitrogens with zero attached hydrogens (tertiary/aromatic N) is 3. The highest BCUT2D eigenvalue weighted by Gasteiger charge is 2.25. The zero-order valence-corrected chi connectivity index (χ0v) is 27.2. The van der Waals surface area contributed by atoms with Crippen molar-refractivity contribution in [1.82, 2.24) is 9.88 Å². The Morgan fingerprint density at radius 2 is 1.00 bits per heavy atom. The highest BCUT2D eigenvalue weighted by Crippen LogP contribution is 2.42. The Kier molecular flexibility index (Phi) is 5.92. The highest BCUT2D eigenvalue weighted by atomic mass is 16.4. The summed E-state index contributed by atoms with van der Waals surface area (Å²) in [4.78, 5) is 10.2. The number of benzene rings is 7. The van der Waals surface area contributed by atoms with E-state index in [1.807, 2.05) is 36.4 Å². The van der Waals surface area contributed by atoms with E-state index in [4.69, 9.17) is 18.8 Å². The molecule has 0 saturated carbocycles. The van der Waals surface area contributed by atoms with Crippen LogP contribution in [0.5, 0.6) is 0 Å². The van der Waals surface area contributed by atoms with E-state index < -0.39 is 6.17 Å². The zero-order valence-electron chi connectivity index (χ0n) is 27.2. The molecule has 51 heavy (non-hydrogen) atoms. The molecule has 3 aromatic heterocycles. The van der Waals surface area contributed by atoms with Gasteiger partial charge in [0.05, 0.1) is 11.0 Å². The summed E-state index contributed by atoms with van der Waals surface area (Å²) in [5.41, 5.74) is 9.33. The first-order chi connectivity index (χ1) is 25.3. The van der Waals surface area contributed by atoms with Crippen LogP contribution in [0, 0.1) is 0 Å². The maximum Gasteiger partial charge on any atom is 0.178 e. The third-order valence-corrected chi connectivity index (χ3v) is 10.1. The predicted molar refractivity (Wildman–Crippen MR) is 207 cm³/mol. The number of furan rings is 2. The van der Waals surface area contributed by atoms with Crippen molar-refractivity contribution >= 4 is 77.4 Å². The van der Waals surface area contributed by atoms with Gasteiger partial charge in [0, 0.05) is 54.7 Å². The molecule has 4 heterocycles. The molecule has 0 fully saturated rings. The summed E-state index contributed by atoms with van der Waals surface area (Å²) in [6.07, 6.45) is -0.513. The van der Waals surface area contributed by atoms with Gasteiger partial charge in [-0.3, -0.25) is 0 Å². The first kappa shape index (κ1) is 28.0. The van der Waals surface area contributed by atoms with Gasteiger partial charge < -0.3 is 18.7 Å². The summed E-state index contributed by atoms with van der Waals surface area (Å²) in [6.45, 7) is 0. The Morgan fingerprint density at radius 3 is 1.67 bits per heavy atom. The van der Waals surface area contributed by atoms with Crippen molar-refractivity contribution in [2.75, 3.05) is 0 Å². The average molecular weight is 657 g/mol. The molecule has 1 N–H and O–H groups in total. The second-order valence-corrected chi connectivity index (χ2v) is 13.0. The van der Waals surface area contributed by atoms with Crippen molar-refractivity contribution in [3.63, 3.8) is 0 Å². The first-order valence-electron chi connectivity index (χ1n) is 17.1. The van der Waals surface area contributed by atoms with Crippen molar-refractivity contribution < 1.29 is 8.83 Å². The second-order valence-electron chi connectivity index (χ2n) is 13.0. The van der Waals surface area contributed by atoms with Crippen LogP contribution in [0.25, 0.3) is 71.4 Å². The molecular formula is C45H28N4O2. The number of hydrogen-bond acceptors (Lipinski definition) is 5.